The van der Waals surface area contributed by atoms with Gasteiger partial charge in [0.1, 0.15) is 6.04 Å². The van der Waals surface area contributed by atoms with Crippen molar-refractivity contribution in [3.63, 3.8) is 0 Å². The van der Waals surface area contributed by atoms with Gasteiger partial charge in [-0.3, -0.25) is 19.5 Å². The Bertz CT molecular complexity index is 892. The topological polar surface area (TPSA) is 80.9 Å². The Balaban J connectivity index is 1.48. The molecule has 1 aromatic carbocycles. The molecular formula is C18H21N5O3S. The van der Waals surface area contributed by atoms with Gasteiger partial charge in [-0.05, 0) is 35.8 Å². The fraction of sp³-hybridized carbons (Fsp3) is 0.389. The number of hydrazine groups is 1. The van der Waals surface area contributed by atoms with Crippen molar-refractivity contribution in [1.29, 1.82) is 0 Å². The number of hydrogen-bond donors (Lipinski definition) is 2. The molecule has 142 valence electrons. The summed E-state index contributed by atoms with van der Waals surface area (Å²) in [6.07, 6.45) is 1.88. The standard InChI is InChI=1S/C18H21N5O3S/c1-21-17(25)15(23(18(21)27)22-6-8-26-9-7-22)11-16(24)20-13-3-2-12-4-5-19-14(12)10-13/h2-5,10,15,19H,6-9,11H2,1H3,(H,20,24). The zero-order chi connectivity index (χ0) is 19.0. The Kier molecular flexibility index (Phi) is 4.81. The Labute approximate surface area is 162 Å². The highest BCUT2D eigenvalue weighted by atomic mass is 32.1. The molecule has 1 atom stereocenters. The predicted molar refractivity (Wildman–Crippen MR) is 105 cm³/mol. The highest BCUT2D eigenvalue weighted by molar-refractivity contribution is 7.80. The second-order valence-electron chi connectivity index (χ2n) is 6.64. The minimum atomic E-state index is -0.630. The van der Waals surface area contributed by atoms with Crippen LogP contribution in [0.25, 0.3) is 10.9 Å². The number of nitrogens with one attached hydrogen (secondary N) is 2. The summed E-state index contributed by atoms with van der Waals surface area (Å²) < 4.78 is 5.38. The van der Waals surface area contributed by atoms with Gasteiger partial charge in [-0.2, -0.15) is 0 Å². The fourth-order valence-corrected chi connectivity index (χ4v) is 3.82. The Hall–Kier alpha value is -2.49. The summed E-state index contributed by atoms with van der Waals surface area (Å²) in [5.74, 6) is -0.392. The van der Waals surface area contributed by atoms with Crippen LogP contribution in [0.5, 0.6) is 0 Å². The highest BCUT2D eigenvalue weighted by Crippen LogP contribution is 2.24. The molecule has 2 aliphatic heterocycles. The van der Waals surface area contributed by atoms with E-state index in [2.05, 4.69) is 10.3 Å². The van der Waals surface area contributed by atoms with Gasteiger partial charge in [0.15, 0.2) is 5.11 Å². The second kappa shape index (κ2) is 7.26. The third-order valence-electron chi connectivity index (χ3n) is 4.90. The summed E-state index contributed by atoms with van der Waals surface area (Å²) in [6, 6.07) is 7.00. The molecule has 1 unspecified atom stereocenters. The van der Waals surface area contributed by atoms with Crippen LogP contribution >= 0.6 is 12.2 Å². The van der Waals surface area contributed by atoms with Crippen molar-refractivity contribution < 1.29 is 14.3 Å². The Morgan fingerprint density at radius 1 is 1.33 bits per heavy atom. The van der Waals surface area contributed by atoms with E-state index in [-0.39, 0.29) is 18.2 Å². The number of thiocarbonyl (C=S) groups is 1. The molecule has 2 saturated heterocycles. The molecule has 0 aliphatic carbocycles. The minimum Gasteiger partial charge on any atom is -0.379 e. The predicted octanol–water partition coefficient (Wildman–Crippen LogP) is 1.17. The van der Waals surface area contributed by atoms with Gasteiger partial charge in [-0.1, -0.05) is 6.07 Å². The van der Waals surface area contributed by atoms with E-state index < -0.39 is 6.04 Å². The Morgan fingerprint density at radius 2 is 2.11 bits per heavy atom. The number of fused-ring (bicyclic) bond motifs is 1. The van der Waals surface area contributed by atoms with E-state index in [0.717, 1.165) is 10.9 Å². The van der Waals surface area contributed by atoms with E-state index in [4.69, 9.17) is 17.0 Å². The number of morpholine rings is 1. The summed E-state index contributed by atoms with van der Waals surface area (Å²) in [5.41, 5.74) is 1.63. The average Bonchev–Trinajstić information content (AvgIpc) is 3.21. The molecule has 0 spiro atoms. The number of amides is 2. The van der Waals surface area contributed by atoms with Crippen LogP contribution in [0.1, 0.15) is 6.42 Å². The van der Waals surface area contributed by atoms with E-state index >= 15 is 0 Å². The SMILES string of the molecule is CN1C(=O)C(CC(=O)Nc2ccc3cc[nH]c3c2)N(N2CCOCC2)C1=S. The van der Waals surface area contributed by atoms with E-state index in [1.54, 1.807) is 12.1 Å². The van der Waals surface area contributed by atoms with Crippen LogP contribution in [-0.4, -0.2) is 76.2 Å². The van der Waals surface area contributed by atoms with Crippen molar-refractivity contribution in [3.8, 4) is 0 Å². The number of H-pyrrole nitrogens is 1. The van der Waals surface area contributed by atoms with Gasteiger partial charge in [-0.25, -0.2) is 5.01 Å². The molecule has 2 N–H and O–H groups in total. The van der Waals surface area contributed by atoms with Gasteiger partial charge in [-0.15, -0.1) is 0 Å². The molecule has 1 aromatic heterocycles. The number of benzene rings is 1. The molecule has 2 aromatic rings. The summed E-state index contributed by atoms with van der Waals surface area (Å²) in [7, 11) is 1.65. The van der Waals surface area contributed by atoms with Gasteiger partial charge in [0, 0.05) is 37.5 Å². The summed E-state index contributed by atoms with van der Waals surface area (Å²) in [5, 5.41) is 8.15. The summed E-state index contributed by atoms with van der Waals surface area (Å²) >= 11 is 5.44. The van der Waals surface area contributed by atoms with Crippen LogP contribution in [0.15, 0.2) is 30.5 Å². The Morgan fingerprint density at radius 3 is 2.89 bits per heavy atom. The van der Waals surface area contributed by atoms with Crippen LogP contribution in [0.4, 0.5) is 5.69 Å². The lowest BCUT2D eigenvalue weighted by molar-refractivity contribution is -0.135. The quantitative estimate of drug-likeness (QED) is 0.767. The zero-order valence-corrected chi connectivity index (χ0v) is 15.8. The summed E-state index contributed by atoms with van der Waals surface area (Å²) in [6.45, 7) is 2.43. The van der Waals surface area contributed by atoms with Crippen LogP contribution in [0.2, 0.25) is 0 Å². The van der Waals surface area contributed by atoms with Crippen molar-refractivity contribution in [2.45, 2.75) is 12.5 Å². The first-order valence-corrected chi connectivity index (χ1v) is 9.26. The first-order chi connectivity index (χ1) is 13.0. The third kappa shape index (κ3) is 3.41. The largest absolute Gasteiger partial charge is 0.379 e. The van der Waals surface area contributed by atoms with Gasteiger partial charge < -0.3 is 15.0 Å². The molecule has 2 aliphatic rings. The normalized spacial score (nSPS) is 21.3. The number of aromatic amines is 1. The van der Waals surface area contributed by atoms with Crippen LogP contribution in [-0.2, 0) is 14.3 Å². The van der Waals surface area contributed by atoms with Crippen molar-refractivity contribution in [3.05, 3.63) is 30.5 Å². The lowest BCUT2D eigenvalue weighted by Crippen LogP contribution is -2.54. The van der Waals surface area contributed by atoms with Crippen LogP contribution in [0, 0.1) is 0 Å². The number of nitrogens with zero attached hydrogens (tertiary/aromatic N) is 3. The van der Waals surface area contributed by atoms with E-state index in [1.807, 2.05) is 35.5 Å². The molecule has 4 rings (SSSR count). The van der Waals surface area contributed by atoms with Gasteiger partial charge in [0.25, 0.3) is 5.91 Å². The molecule has 0 radical (unpaired) electrons. The van der Waals surface area contributed by atoms with Gasteiger partial charge in [0.05, 0.1) is 19.6 Å². The van der Waals surface area contributed by atoms with Crippen LogP contribution < -0.4 is 5.32 Å². The fourth-order valence-electron chi connectivity index (χ4n) is 3.48. The maximum absolute atomic E-state index is 12.7. The molecule has 27 heavy (non-hydrogen) atoms. The number of carbonyl (C=O) groups is 2. The van der Waals surface area contributed by atoms with E-state index in [9.17, 15) is 9.59 Å². The lowest BCUT2D eigenvalue weighted by atomic mass is 10.1. The maximum atomic E-state index is 12.7. The van der Waals surface area contributed by atoms with Gasteiger partial charge >= 0.3 is 0 Å². The number of anilines is 1. The van der Waals surface area contributed by atoms with Gasteiger partial charge in [0.2, 0.25) is 5.91 Å². The van der Waals surface area contributed by atoms with E-state index in [1.165, 1.54) is 4.90 Å². The lowest BCUT2D eigenvalue weighted by Gasteiger charge is -2.37. The number of likely N-dealkylation sites (N-methyl/N-ethyl adjacent to an activating group) is 1. The van der Waals surface area contributed by atoms with Crippen LogP contribution in [0.3, 0.4) is 0 Å². The first kappa shape index (κ1) is 17.9. The second-order valence-corrected chi connectivity index (χ2v) is 7.00. The first-order valence-electron chi connectivity index (χ1n) is 8.85. The molecule has 0 bridgehead atoms. The molecule has 9 heteroatoms. The molecular weight excluding hydrogens is 366 g/mol. The monoisotopic (exact) mass is 387 g/mol. The van der Waals surface area contributed by atoms with Crippen molar-refractivity contribution in [1.82, 2.24) is 19.9 Å². The number of aromatic nitrogens is 1. The number of ether oxygens (including phenoxy) is 1. The number of rotatable bonds is 4. The zero-order valence-electron chi connectivity index (χ0n) is 15.0. The van der Waals surface area contributed by atoms with Crippen molar-refractivity contribution >= 4 is 45.7 Å². The molecule has 3 heterocycles. The summed E-state index contributed by atoms with van der Waals surface area (Å²) in [4.78, 5) is 29.8. The third-order valence-corrected chi connectivity index (χ3v) is 5.36. The molecule has 2 fully saturated rings. The number of carbonyl (C=O) groups excluding carboxylic acids is 2. The molecule has 8 nitrogen and oxygen atoms in total. The number of hydrogen-bond acceptors (Lipinski definition) is 5. The average molecular weight is 387 g/mol. The highest BCUT2D eigenvalue weighted by Gasteiger charge is 2.44. The van der Waals surface area contributed by atoms with Crippen molar-refractivity contribution in [2.75, 3.05) is 38.7 Å². The smallest absolute Gasteiger partial charge is 0.253 e. The maximum Gasteiger partial charge on any atom is 0.253 e. The molecule has 2 amide bonds. The minimum absolute atomic E-state index is 0.0312. The molecule has 0 saturated carbocycles. The van der Waals surface area contributed by atoms with Crippen molar-refractivity contribution in [2.24, 2.45) is 0 Å². The van der Waals surface area contributed by atoms with E-state index in [0.29, 0.717) is 37.1 Å².